The van der Waals surface area contributed by atoms with Gasteiger partial charge in [-0.15, -0.1) is 0 Å². The van der Waals surface area contributed by atoms with Crippen LogP contribution in [0.5, 0.6) is 0 Å². The number of nitrogens with two attached hydrogens (primary N) is 1. The average molecular weight is 262 g/mol. The van der Waals surface area contributed by atoms with Gasteiger partial charge < -0.3 is 10.8 Å². The summed E-state index contributed by atoms with van der Waals surface area (Å²) >= 11 is 3.18. The molecule has 14 heavy (non-hydrogen) atoms. The number of carbonyl (C=O) groups is 1. The van der Waals surface area contributed by atoms with Gasteiger partial charge in [-0.05, 0) is 23.8 Å². The lowest BCUT2D eigenvalue weighted by Crippen LogP contribution is -2.15. The van der Waals surface area contributed by atoms with Crippen LogP contribution in [0.1, 0.15) is 18.0 Å². The van der Waals surface area contributed by atoms with E-state index in [0.717, 1.165) is 0 Å². The molecule has 0 spiro atoms. The molecule has 0 aromatic heterocycles. The molecule has 0 saturated carbocycles. The van der Waals surface area contributed by atoms with Crippen LogP contribution < -0.4 is 5.73 Å². The number of hydrogen-bond donors (Lipinski definition) is 2. The maximum Gasteiger partial charge on any atom is 0.305 e. The lowest BCUT2D eigenvalue weighted by molar-refractivity contribution is -0.137. The first-order valence-corrected chi connectivity index (χ1v) is 4.72. The Kier molecular flexibility index (Phi) is 3.60. The Morgan fingerprint density at radius 3 is 2.86 bits per heavy atom. The van der Waals surface area contributed by atoms with Gasteiger partial charge in [0.15, 0.2) is 0 Å². The minimum Gasteiger partial charge on any atom is -0.481 e. The molecule has 0 fully saturated rings. The molecule has 0 saturated heterocycles. The van der Waals surface area contributed by atoms with E-state index >= 15 is 0 Å². The van der Waals surface area contributed by atoms with Crippen LogP contribution in [0.3, 0.4) is 0 Å². The average Bonchev–Trinajstić information content (AvgIpc) is 2.08. The SMILES string of the molecule is N[C@@H](CC(=O)O)c1cc(F)ccc1Br. The fourth-order valence-electron chi connectivity index (χ4n) is 1.10. The molecule has 0 bridgehead atoms. The summed E-state index contributed by atoms with van der Waals surface area (Å²) in [5.74, 6) is -1.43. The molecule has 3 N–H and O–H groups in total. The molecule has 1 atom stereocenters. The standard InChI is InChI=1S/C9H9BrFNO2/c10-7-2-1-5(11)3-6(7)8(12)4-9(13)14/h1-3,8H,4,12H2,(H,13,14)/t8-/m0/s1. The lowest BCUT2D eigenvalue weighted by Gasteiger charge is -2.11. The molecule has 0 heterocycles. The van der Waals surface area contributed by atoms with Crippen LogP contribution in [0.2, 0.25) is 0 Å². The number of carboxylic acid groups (broad SMARTS) is 1. The molecule has 0 aliphatic rings. The normalized spacial score (nSPS) is 12.5. The van der Waals surface area contributed by atoms with Crippen molar-refractivity contribution in [1.29, 1.82) is 0 Å². The Labute approximate surface area is 88.9 Å². The van der Waals surface area contributed by atoms with Crippen LogP contribution in [0.15, 0.2) is 22.7 Å². The van der Waals surface area contributed by atoms with E-state index in [4.69, 9.17) is 10.8 Å². The van der Waals surface area contributed by atoms with Crippen LogP contribution in [-0.2, 0) is 4.79 Å². The molecule has 3 nitrogen and oxygen atoms in total. The van der Waals surface area contributed by atoms with Crippen molar-refractivity contribution in [2.24, 2.45) is 5.73 Å². The van der Waals surface area contributed by atoms with E-state index in [9.17, 15) is 9.18 Å². The summed E-state index contributed by atoms with van der Waals surface area (Å²) in [6.07, 6.45) is -0.220. The highest BCUT2D eigenvalue weighted by Gasteiger charge is 2.14. The van der Waals surface area contributed by atoms with Gasteiger partial charge in [-0.3, -0.25) is 4.79 Å². The van der Waals surface area contributed by atoms with Gasteiger partial charge in [0.1, 0.15) is 5.82 Å². The fraction of sp³-hybridized carbons (Fsp3) is 0.222. The summed E-state index contributed by atoms with van der Waals surface area (Å²) < 4.78 is 13.4. The van der Waals surface area contributed by atoms with Crippen molar-refractivity contribution in [2.75, 3.05) is 0 Å². The Morgan fingerprint density at radius 1 is 1.64 bits per heavy atom. The maximum atomic E-state index is 12.8. The van der Waals surface area contributed by atoms with Gasteiger partial charge in [0.25, 0.3) is 0 Å². The molecule has 0 aliphatic heterocycles. The molecule has 0 unspecified atom stereocenters. The van der Waals surface area contributed by atoms with Crippen molar-refractivity contribution in [1.82, 2.24) is 0 Å². The third kappa shape index (κ3) is 2.78. The first-order valence-electron chi connectivity index (χ1n) is 3.93. The van der Waals surface area contributed by atoms with E-state index in [1.165, 1.54) is 18.2 Å². The van der Waals surface area contributed by atoms with Gasteiger partial charge in [0.05, 0.1) is 6.42 Å². The zero-order valence-electron chi connectivity index (χ0n) is 7.21. The topological polar surface area (TPSA) is 63.3 Å². The van der Waals surface area contributed by atoms with Crippen molar-refractivity contribution >= 4 is 21.9 Å². The minimum absolute atomic E-state index is 0.220. The molecule has 0 aliphatic carbocycles. The monoisotopic (exact) mass is 261 g/mol. The van der Waals surface area contributed by atoms with Crippen molar-refractivity contribution in [3.05, 3.63) is 34.1 Å². The fourth-order valence-corrected chi connectivity index (χ4v) is 1.64. The van der Waals surface area contributed by atoms with Crippen LogP contribution in [0.25, 0.3) is 0 Å². The highest BCUT2D eigenvalue weighted by Crippen LogP contribution is 2.24. The van der Waals surface area contributed by atoms with E-state index in [-0.39, 0.29) is 6.42 Å². The van der Waals surface area contributed by atoms with Crippen LogP contribution in [-0.4, -0.2) is 11.1 Å². The number of halogens is 2. The highest BCUT2D eigenvalue weighted by molar-refractivity contribution is 9.10. The van der Waals surface area contributed by atoms with Crippen molar-refractivity contribution in [3.8, 4) is 0 Å². The Balaban J connectivity index is 2.93. The van der Waals surface area contributed by atoms with E-state index in [1.807, 2.05) is 0 Å². The second-order valence-electron chi connectivity index (χ2n) is 2.87. The molecule has 1 rings (SSSR count). The third-order valence-electron chi connectivity index (χ3n) is 1.75. The van der Waals surface area contributed by atoms with Crippen LogP contribution >= 0.6 is 15.9 Å². The molecule has 1 aromatic carbocycles. The van der Waals surface area contributed by atoms with Crippen LogP contribution in [0, 0.1) is 5.82 Å². The maximum absolute atomic E-state index is 12.8. The van der Waals surface area contributed by atoms with Crippen LogP contribution in [0.4, 0.5) is 4.39 Å². The van der Waals surface area contributed by atoms with Gasteiger partial charge in [-0.25, -0.2) is 4.39 Å². The second-order valence-corrected chi connectivity index (χ2v) is 3.72. The number of benzene rings is 1. The zero-order valence-corrected chi connectivity index (χ0v) is 8.79. The first-order chi connectivity index (χ1) is 6.50. The van der Waals surface area contributed by atoms with E-state index in [2.05, 4.69) is 15.9 Å². The summed E-state index contributed by atoms with van der Waals surface area (Å²) in [7, 11) is 0. The molecule has 0 amide bonds. The summed E-state index contributed by atoms with van der Waals surface area (Å²) in [6, 6.07) is 3.32. The molecular formula is C9H9BrFNO2. The van der Waals surface area contributed by atoms with Gasteiger partial charge in [0, 0.05) is 10.5 Å². The van der Waals surface area contributed by atoms with Gasteiger partial charge in [-0.1, -0.05) is 15.9 Å². The van der Waals surface area contributed by atoms with E-state index in [1.54, 1.807) is 0 Å². The lowest BCUT2D eigenvalue weighted by atomic mass is 10.1. The van der Waals surface area contributed by atoms with Crippen molar-refractivity contribution in [2.45, 2.75) is 12.5 Å². The number of aliphatic carboxylic acids is 1. The Hall–Kier alpha value is -0.940. The second kappa shape index (κ2) is 4.52. The van der Waals surface area contributed by atoms with Crippen molar-refractivity contribution < 1.29 is 14.3 Å². The van der Waals surface area contributed by atoms with Crippen molar-refractivity contribution in [3.63, 3.8) is 0 Å². The number of rotatable bonds is 3. The summed E-state index contributed by atoms with van der Waals surface area (Å²) in [5.41, 5.74) is 6.05. The Morgan fingerprint density at radius 2 is 2.29 bits per heavy atom. The molecule has 5 heteroatoms. The number of hydrogen-bond acceptors (Lipinski definition) is 2. The first kappa shape index (κ1) is 11.1. The predicted molar refractivity (Wildman–Crippen MR) is 53.3 cm³/mol. The number of carboxylic acids is 1. The highest BCUT2D eigenvalue weighted by atomic mass is 79.9. The molecule has 1 aromatic rings. The Bertz CT molecular complexity index is 357. The van der Waals surface area contributed by atoms with E-state index in [0.29, 0.717) is 10.0 Å². The summed E-state index contributed by atoms with van der Waals surface area (Å²) in [4.78, 5) is 10.4. The minimum atomic E-state index is -1.01. The molecule has 0 radical (unpaired) electrons. The molecule has 76 valence electrons. The zero-order chi connectivity index (χ0) is 10.7. The van der Waals surface area contributed by atoms with Gasteiger partial charge in [0.2, 0.25) is 0 Å². The van der Waals surface area contributed by atoms with Gasteiger partial charge >= 0.3 is 5.97 Å². The predicted octanol–water partition coefficient (Wildman–Crippen LogP) is 2.06. The third-order valence-corrected chi connectivity index (χ3v) is 2.47. The quantitative estimate of drug-likeness (QED) is 0.876. The summed E-state index contributed by atoms with van der Waals surface area (Å²) in [5, 5.41) is 8.52. The van der Waals surface area contributed by atoms with Gasteiger partial charge in [-0.2, -0.15) is 0 Å². The molecular weight excluding hydrogens is 253 g/mol. The van der Waals surface area contributed by atoms with E-state index < -0.39 is 17.8 Å². The summed E-state index contributed by atoms with van der Waals surface area (Å²) in [6.45, 7) is 0. The largest absolute Gasteiger partial charge is 0.481 e. The smallest absolute Gasteiger partial charge is 0.305 e.